The second kappa shape index (κ2) is 6.70. The average molecular weight is 278 g/mol. The summed E-state index contributed by atoms with van der Waals surface area (Å²) in [5, 5.41) is 8.92. The van der Waals surface area contributed by atoms with E-state index >= 15 is 0 Å². The first-order valence-electron chi connectivity index (χ1n) is 6.19. The maximum Gasteiger partial charge on any atom is 0.335 e. The van der Waals surface area contributed by atoms with E-state index < -0.39 is 5.97 Å². The molecule has 0 aromatic heterocycles. The highest BCUT2D eigenvalue weighted by Gasteiger charge is 2.19. The van der Waals surface area contributed by atoms with E-state index in [9.17, 15) is 14.4 Å². The Bertz CT molecular complexity index is 526. The van der Waals surface area contributed by atoms with Gasteiger partial charge in [0.15, 0.2) is 0 Å². The lowest BCUT2D eigenvalue weighted by Gasteiger charge is -2.22. The fourth-order valence-electron chi connectivity index (χ4n) is 1.60. The van der Waals surface area contributed by atoms with Gasteiger partial charge in [-0.2, -0.15) is 0 Å². The van der Waals surface area contributed by atoms with Crippen LogP contribution in [-0.4, -0.2) is 59.9 Å². The number of hydrogen-bond acceptors (Lipinski definition) is 3. The van der Waals surface area contributed by atoms with Gasteiger partial charge < -0.3 is 14.9 Å². The number of likely N-dealkylation sites (N-methyl/N-ethyl adjacent to an activating group) is 2. The number of aromatic carboxylic acids is 1. The fourth-order valence-corrected chi connectivity index (χ4v) is 1.60. The highest BCUT2D eigenvalue weighted by molar-refractivity contribution is 5.98. The van der Waals surface area contributed by atoms with Gasteiger partial charge in [0.1, 0.15) is 0 Å². The minimum atomic E-state index is -1.09. The van der Waals surface area contributed by atoms with Crippen LogP contribution in [0.3, 0.4) is 0 Å². The van der Waals surface area contributed by atoms with Gasteiger partial charge in [0, 0.05) is 26.2 Å². The summed E-state index contributed by atoms with van der Waals surface area (Å²) in [6.07, 6.45) is 0. The smallest absolute Gasteiger partial charge is 0.335 e. The van der Waals surface area contributed by atoms with Gasteiger partial charge in [-0.15, -0.1) is 0 Å². The van der Waals surface area contributed by atoms with Gasteiger partial charge in [-0.05, 0) is 25.1 Å². The van der Waals surface area contributed by atoms with Crippen molar-refractivity contribution in [1.82, 2.24) is 9.80 Å². The molecule has 0 bridgehead atoms. The van der Waals surface area contributed by atoms with E-state index in [1.165, 1.54) is 34.1 Å². The number of nitrogens with zero attached hydrogens (tertiary/aromatic N) is 2. The third-order valence-corrected chi connectivity index (χ3v) is 2.85. The summed E-state index contributed by atoms with van der Waals surface area (Å²) in [4.78, 5) is 37.6. The van der Waals surface area contributed by atoms with E-state index in [0.717, 1.165) is 0 Å². The zero-order valence-electron chi connectivity index (χ0n) is 11.8. The molecule has 6 nitrogen and oxygen atoms in total. The van der Waals surface area contributed by atoms with Crippen molar-refractivity contribution in [3.05, 3.63) is 35.4 Å². The maximum absolute atomic E-state index is 12.3. The van der Waals surface area contributed by atoms with Crippen LogP contribution < -0.4 is 0 Å². The summed E-state index contributed by atoms with van der Waals surface area (Å²) in [7, 11) is 3.23. The third kappa shape index (κ3) is 3.81. The van der Waals surface area contributed by atoms with Crippen molar-refractivity contribution in [3.8, 4) is 0 Å². The Hall–Kier alpha value is -2.37. The van der Waals surface area contributed by atoms with Crippen LogP contribution in [0.4, 0.5) is 0 Å². The van der Waals surface area contributed by atoms with Crippen LogP contribution in [0.25, 0.3) is 0 Å². The molecular weight excluding hydrogens is 260 g/mol. The van der Waals surface area contributed by atoms with Crippen molar-refractivity contribution in [2.24, 2.45) is 0 Å². The molecule has 0 aliphatic rings. The lowest BCUT2D eigenvalue weighted by molar-refractivity contribution is -0.129. The second-order valence-electron chi connectivity index (χ2n) is 4.49. The number of carbonyl (C=O) groups excluding carboxylic acids is 2. The van der Waals surface area contributed by atoms with Gasteiger partial charge in [0.2, 0.25) is 5.91 Å². The molecule has 0 radical (unpaired) electrons. The van der Waals surface area contributed by atoms with Crippen molar-refractivity contribution >= 4 is 17.8 Å². The molecule has 2 amide bonds. The quantitative estimate of drug-likeness (QED) is 0.869. The van der Waals surface area contributed by atoms with Crippen LogP contribution in [0.15, 0.2) is 24.3 Å². The maximum atomic E-state index is 12.3. The fraction of sp³-hybridized carbons (Fsp3) is 0.357. The van der Waals surface area contributed by atoms with Crippen LogP contribution in [-0.2, 0) is 4.79 Å². The van der Waals surface area contributed by atoms with E-state index in [1.807, 2.05) is 0 Å². The number of carboxylic acids is 1. The van der Waals surface area contributed by atoms with Crippen LogP contribution in [0, 0.1) is 0 Å². The number of rotatable bonds is 5. The Morgan fingerprint density at radius 3 is 2.25 bits per heavy atom. The lowest BCUT2D eigenvalue weighted by Crippen LogP contribution is -2.40. The van der Waals surface area contributed by atoms with Crippen LogP contribution in [0.2, 0.25) is 0 Å². The first-order valence-corrected chi connectivity index (χ1v) is 6.19. The van der Waals surface area contributed by atoms with Crippen molar-refractivity contribution in [1.29, 1.82) is 0 Å². The van der Waals surface area contributed by atoms with Crippen molar-refractivity contribution in [2.75, 3.05) is 27.2 Å². The van der Waals surface area contributed by atoms with Crippen molar-refractivity contribution in [3.63, 3.8) is 0 Å². The van der Waals surface area contributed by atoms with E-state index in [2.05, 4.69) is 0 Å². The van der Waals surface area contributed by atoms with E-state index in [4.69, 9.17) is 5.11 Å². The lowest BCUT2D eigenvalue weighted by atomic mass is 10.1. The number of hydrogen-bond donors (Lipinski definition) is 1. The van der Waals surface area contributed by atoms with Crippen LogP contribution in [0.5, 0.6) is 0 Å². The Labute approximate surface area is 117 Å². The number of carboxylic acid groups (broad SMARTS) is 1. The van der Waals surface area contributed by atoms with Gasteiger partial charge in [0.05, 0.1) is 12.1 Å². The summed E-state index contributed by atoms with van der Waals surface area (Å²) in [5.74, 6) is -1.63. The number of benzene rings is 1. The van der Waals surface area contributed by atoms with Gasteiger partial charge >= 0.3 is 5.97 Å². The molecule has 1 N–H and O–H groups in total. The summed E-state index contributed by atoms with van der Waals surface area (Å²) in [5.41, 5.74) is 0.309. The standard InChI is InChI=1S/C14H18N2O4/c1-4-16(9-12(17)15(2)3)13(18)10-6-5-7-11(8-10)14(19)20/h5-8H,4,9H2,1-3H3,(H,19,20). The molecule has 0 fully saturated rings. The molecule has 0 atom stereocenters. The molecule has 1 aromatic carbocycles. The molecule has 0 spiro atoms. The molecular formula is C14H18N2O4. The molecule has 0 aliphatic carbocycles. The summed E-state index contributed by atoms with van der Waals surface area (Å²) >= 11 is 0. The summed E-state index contributed by atoms with van der Waals surface area (Å²) in [6.45, 7) is 2.11. The minimum absolute atomic E-state index is 0.0281. The van der Waals surface area contributed by atoms with Gasteiger partial charge in [-0.25, -0.2) is 4.79 Å². The third-order valence-electron chi connectivity index (χ3n) is 2.85. The monoisotopic (exact) mass is 278 g/mol. The predicted molar refractivity (Wildman–Crippen MR) is 73.7 cm³/mol. The van der Waals surface area contributed by atoms with Crippen LogP contribution >= 0.6 is 0 Å². The minimum Gasteiger partial charge on any atom is -0.478 e. The molecule has 108 valence electrons. The normalized spacial score (nSPS) is 9.95. The predicted octanol–water partition coefficient (Wildman–Crippen LogP) is 0.935. The number of carbonyl (C=O) groups is 3. The van der Waals surface area contributed by atoms with Crippen molar-refractivity contribution in [2.45, 2.75) is 6.92 Å². The van der Waals surface area contributed by atoms with Crippen molar-refractivity contribution < 1.29 is 19.5 Å². The Kier molecular flexibility index (Phi) is 5.25. The molecule has 1 aromatic rings. The zero-order chi connectivity index (χ0) is 15.3. The molecule has 0 unspecified atom stereocenters. The average Bonchev–Trinajstić information content (AvgIpc) is 2.43. The molecule has 20 heavy (non-hydrogen) atoms. The second-order valence-corrected chi connectivity index (χ2v) is 4.49. The summed E-state index contributed by atoms with van der Waals surface area (Å²) in [6, 6.07) is 5.78. The molecule has 0 aliphatic heterocycles. The van der Waals surface area contributed by atoms with E-state index in [1.54, 1.807) is 21.0 Å². The highest BCUT2D eigenvalue weighted by atomic mass is 16.4. The first kappa shape index (κ1) is 15.7. The molecule has 6 heteroatoms. The Balaban J connectivity index is 2.94. The topological polar surface area (TPSA) is 77.9 Å². The zero-order valence-corrected chi connectivity index (χ0v) is 11.8. The molecule has 0 saturated carbocycles. The molecule has 0 saturated heterocycles. The SMILES string of the molecule is CCN(CC(=O)N(C)C)C(=O)c1cccc(C(=O)O)c1. The van der Waals surface area contributed by atoms with E-state index in [0.29, 0.717) is 6.54 Å². The van der Waals surface area contributed by atoms with Gasteiger partial charge in [-0.1, -0.05) is 6.07 Å². The number of amides is 2. The van der Waals surface area contributed by atoms with Gasteiger partial charge in [-0.3, -0.25) is 9.59 Å². The molecule has 0 heterocycles. The molecule has 1 rings (SSSR count). The first-order chi connectivity index (χ1) is 9.36. The largest absolute Gasteiger partial charge is 0.478 e. The highest BCUT2D eigenvalue weighted by Crippen LogP contribution is 2.09. The summed E-state index contributed by atoms with van der Waals surface area (Å²) < 4.78 is 0. The Morgan fingerprint density at radius 2 is 1.75 bits per heavy atom. The van der Waals surface area contributed by atoms with Gasteiger partial charge in [0.25, 0.3) is 5.91 Å². The van der Waals surface area contributed by atoms with Crippen LogP contribution in [0.1, 0.15) is 27.6 Å². The Morgan fingerprint density at radius 1 is 1.15 bits per heavy atom. The van der Waals surface area contributed by atoms with E-state index in [-0.39, 0.29) is 29.5 Å².